The zero-order valence-corrected chi connectivity index (χ0v) is 20.8. The molecule has 1 aromatic carbocycles. The van der Waals surface area contributed by atoms with Crippen LogP contribution in [0.2, 0.25) is 0 Å². The minimum absolute atomic E-state index is 0.0703. The number of carbonyl (C=O) groups is 3. The van der Waals surface area contributed by atoms with Gasteiger partial charge >= 0.3 is 12.6 Å². The van der Waals surface area contributed by atoms with Crippen LogP contribution in [0, 0.1) is 16.6 Å². The largest absolute Gasteiger partial charge is 0.481 e. The second-order valence-electron chi connectivity index (χ2n) is 10.2. The van der Waals surface area contributed by atoms with Crippen molar-refractivity contribution in [3.8, 4) is 5.75 Å². The van der Waals surface area contributed by atoms with Gasteiger partial charge in [-0.3, -0.25) is 14.4 Å². The van der Waals surface area contributed by atoms with Crippen LogP contribution in [-0.2, 0) is 11.3 Å². The van der Waals surface area contributed by atoms with Crippen molar-refractivity contribution in [1.29, 1.82) is 0 Å². The Kier molecular flexibility index (Phi) is 6.91. The van der Waals surface area contributed by atoms with Crippen molar-refractivity contribution < 1.29 is 37.4 Å². The van der Waals surface area contributed by atoms with E-state index in [2.05, 4.69) is 25.5 Å². The fourth-order valence-electron chi connectivity index (χ4n) is 5.52. The Morgan fingerprint density at radius 2 is 1.74 bits per heavy atom. The number of hydrogen-bond acceptors (Lipinski definition) is 6. The number of nitrogens with zero attached hydrogens (tertiary/aromatic N) is 3. The average molecular weight is 546 g/mol. The molecule has 0 unspecified atom stereocenters. The van der Waals surface area contributed by atoms with Gasteiger partial charge in [0.1, 0.15) is 11.4 Å². The van der Waals surface area contributed by atoms with Crippen LogP contribution in [0.3, 0.4) is 0 Å². The highest BCUT2D eigenvalue weighted by Crippen LogP contribution is 2.56. The van der Waals surface area contributed by atoms with Crippen LogP contribution in [0.15, 0.2) is 36.5 Å². The number of hydrogen-bond donors (Lipinski definition) is 3. The zero-order chi connectivity index (χ0) is 27.8. The molecular weight excluding hydrogens is 519 g/mol. The maximum atomic E-state index is 13.7. The maximum Gasteiger partial charge on any atom is 0.387 e. The summed E-state index contributed by atoms with van der Waals surface area (Å²) in [5.74, 6) is -3.45. The number of fused-ring (bicyclic) bond motifs is 4. The van der Waals surface area contributed by atoms with Gasteiger partial charge in [-0.15, -0.1) is 0 Å². The number of carbonyl (C=O) groups excluding carboxylic acids is 2. The summed E-state index contributed by atoms with van der Waals surface area (Å²) >= 11 is 0. The number of halogens is 3. The molecule has 3 fully saturated rings. The molecule has 2 heterocycles. The van der Waals surface area contributed by atoms with Crippen molar-refractivity contribution in [2.24, 2.45) is 10.8 Å². The number of nitrogens with one attached hydrogen (secondary N) is 2. The lowest BCUT2D eigenvalue weighted by Gasteiger charge is -2.51. The van der Waals surface area contributed by atoms with Crippen LogP contribution in [0.5, 0.6) is 5.75 Å². The van der Waals surface area contributed by atoms with Crippen LogP contribution < -0.4 is 15.4 Å². The highest BCUT2D eigenvalue weighted by Gasteiger charge is 2.52. The summed E-state index contributed by atoms with van der Waals surface area (Å²) < 4.78 is 44.1. The summed E-state index contributed by atoms with van der Waals surface area (Å²) in [5, 5.41) is 19.3. The van der Waals surface area contributed by atoms with Crippen LogP contribution in [-0.4, -0.2) is 50.6 Å². The van der Waals surface area contributed by atoms with Gasteiger partial charge in [-0.05, 0) is 61.6 Å². The number of aliphatic carboxylic acids is 1. The van der Waals surface area contributed by atoms with Gasteiger partial charge in [0.05, 0.1) is 11.6 Å². The van der Waals surface area contributed by atoms with Gasteiger partial charge in [-0.25, -0.2) is 13.9 Å². The Morgan fingerprint density at radius 3 is 2.41 bits per heavy atom. The minimum atomic E-state index is -3.20. The van der Waals surface area contributed by atoms with Gasteiger partial charge < -0.3 is 20.5 Å². The van der Waals surface area contributed by atoms with E-state index in [1.54, 1.807) is 0 Å². The van der Waals surface area contributed by atoms with E-state index in [1.165, 1.54) is 28.9 Å². The quantitative estimate of drug-likeness (QED) is 0.374. The number of rotatable bonds is 9. The Hall–Kier alpha value is -4.16. The first-order chi connectivity index (χ1) is 18.6. The third-order valence-electron chi connectivity index (χ3n) is 7.97. The van der Waals surface area contributed by atoms with Crippen molar-refractivity contribution >= 4 is 23.4 Å². The molecule has 2 aromatic heterocycles. The van der Waals surface area contributed by atoms with Crippen molar-refractivity contribution in [1.82, 2.24) is 25.2 Å². The summed E-state index contributed by atoms with van der Waals surface area (Å²) in [5.41, 5.74) is -0.208. The molecule has 206 valence electrons. The number of alkyl halides is 2. The smallest absolute Gasteiger partial charge is 0.387 e. The third-order valence-corrected chi connectivity index (χ3v) is 7.97. The SMILES string of the molecule is O=C(NCc1ccc(F)c(OC(F)F)c1)c1cc(C(=O)NCC23CCC(C(=O)O)(CC2)CC3)n2nccc2n1. The fraction of sp³-hybridized carbons (Fsp3) is 0.423. The highest BCUT2D eigenvalue weighted by atomic mass is 19.3. The second-order valence-corrected chi connectivity index (χ2v) is 10.2. The maximum absolute atomic E-state index is 13.7. The first-order valence-electron chi connectivity index (χ1n) is 12.5. The molecule has 39 heavy (non-hydrogen) atoms. The molecular formula is C26H26F3N5O5. The van der Waals surface area contributed by atoms with E-state index in [4.69, 9.17) is 0 Å². The lowest BCUT2D eigenvalue weighted by atomic mass is 9.53. The first kappa shape index (κ1) is 26.4. The highest BCUT2D eigenvalue weighted by molar-refractivity contribution is 5.98. The van der Waals surface area contributed by atoms with E-state index in [1.807, 2.05) is 0 Å². The van der Waals surface area contributed by atoms with Crippen LogP contribution in [0.1, 0.15) is 65.1 Å². The first-order valence-corrected chi connectivity index (χ1v) is 12.5. The second kappa shape index (κ2) is 10.2. The van der Waals surface area contributed by atoms with Crippen molar-refractivity contribution in [3.05, 3.63) is 59.3 Å². The number of carboxylic acids is 1. The molecule has 3 aliphatic rings. The molecule has 3 saturated carbocycles. The number of amides is 2. The molecule has 0 aliphatic heterocycles. The number of carboxylic acid groups (broad SMARTS) is 1. The van der Waals surface area contributed by atoms with Crippen molar-refractivity contribution in [2.75, 3.05) is 6.54 Å². The van der Waals surface area contributed by atoms with E-state index >= 15 is 0 Å². The van der Waals surface area contributed by atoms with Crippen LogP contribution in [0.4, 0.5) is 13.2 Å². The Balaban J connectivity index is 1.27. The molecule has 13 heteroatoms. The zero-order valence-electron chi connectivity index (χ0n) is 20.8. The monoisotopic (exact) mass is 545 g/mol. The predicted molar refractivity (Wildman–Crippen MR) is 130 cm³/mol. The summed E-state index contributed by atoms with van der Waals surface area (Å²) in [7, 11) is 0. The van der Waals surface area contributed by atoms with E-state index in [0.717, 1.165) is 12.1 Å². The molecule has 0 saturated heterocycles. The van der Waals surface area contributed by atoms with Gasteiger partial charge in [-0.2, -0.15) is 13.9 Å². The lowest BCUT2D eigenvalue weighted by Crippen LogP contribution is -2.50. The van der Waals surface area contributed by atoms with Crippen LogP contribution in [0.25, 0.3) is 5.65 Å². The van der Waals surface area contributed by atoms with E-state index < -0.39 is 41.4 Å². The fourth-order valence-corrected chi connectivity index (χ4v) is 5.52. The van der Waals surface area contributed by atoms with Crippen molar-refractivity contribution in [2.45, 2.75) is 51.7 Å². The van der Waals surface area contributed by atoms with E-state index in [-0.39, 0.29) is 29.0 Å². The summed E-state index contributed by atoms with van der Waals surface area (Å²) in [4.78, 5) is 42.0. The molecule has 3 aliphatic carbocycles. The number of benzene rings is 1. The third kappa shape index (κ3) is 5.25. The standard InChI is InChI=1S/C26H26F3N5O5/c27-16-2-1-15(11-19(16)39-24(28)29)13-30-21(35)17-12-18(34-20(33-17)3-10-32-34)22(36)31-14-25-4-7-26(8-5-25,9-6-25)23(37)38/h1-3,10-12,24H,4-9,13-14H2,(H,30,35)(H,31,36)(H,37,38). The van der Waals surface area contributed by atoms with E-state index in [9.17, 15) is 32.7 Å². The molecule has 2 bridgehead atoms. The van der Waals surface area contributed by atoms with Gasteiger partial charge in [0.25, 0.3) is 11.8 Å². The number of aromatic nitrogens is 3. The van der Waals surface area contributed by atoms with Crippen molar-refractivity contribution in [3.63, 3.8) is 0 Å². The molecule has 10 nitrogen and oxygen atoms in total. The lowest BCUT2D eigenvalue weighted by molar-refractivity contribution is -0.158. The molecule has 6 rings (SSSR count). The molecule has 0 radical (unpaired) electrons. The Labute approximate surface area is 220 Å². The Bertz CT molecular complexity index is 1420. The predicted octanol–water partition coefficient (Wildman–Crippen LogP) is 3.55. The molecule has 0 atom stereocenters. The van der Waals surface area contributed by atoms with Gasteiger partial charge in [-0.1, -0.05) is 6.07 Å². The normalized spacial score (nSPS) is 22.2. The molecule has 3 N–H and O–H groups in total. The minimum Gasteiger partial charge on any atom is -0.481 e. The van der Waals surface area contributed by atoms with Gasteiger partial charge in [0.2, 0.25) is 0 Å². The average Bonchev–Trinajstić information content (AvgIpc) is 3.41. The van der Waals surface area contributed by atoms with Crippen LogP contribution >= 0.6 is 0 Å². The molecule has 2 amide bonds. The summed E-state index contributed by atoms with van der Waals surface area (Å²) in [6.07, 6.45) is 5.36. The topological polar surface area (TPSA) is 135 Å². The number of ether oxygens (including phenoxy) is 1. The van der Waals surface area contributed by atoms with Gasteiger partial charge in [0, 0.05) is 25.2 Å². The van der Waals surface area contributed by atoms with Gasteiger partial charge in [0.15, 0.2) is 17.2 Å². The summed E-state index contributed by atoms with van der Waals surface area (Å²) in [6.45, 7) is -2.95. The van der Waals surface area contributed by atoms with E-state index in [0.29, 0.717) is 50.6 Å². The molecule has 3 aromatic rings. The Morgan fingerprint density at radius 1 is 1.03 bits per heavy atom. The summed E-state index contributed by atoms with van der Waals surface area (Å²) in [6, 6.07) is 6.17. The molecule has 0 spiro atoms.